The Balaban J connectivity index is 2.51. The zero-order valence-electron chi connectivity index (χ0n) is 8.59. The lowest BCUT2D eigenvalue weighted by Crippen LogP contribution is -1.88. The van der Waals surface area contributed by atoms with Gasteiger partial charge >= 0.3 is 0 Å². The Kier molecular flexibility index (Phi) is 2.79. The minimum absolute atomic E-state index is 0.131. The van der Waals surface area contributed by atoms with Gasteiger partial charge in [0, 0.05) is 0 Å². The Morgan fingerprint density at radius 2 is 1.44 bits per heavy atom. The summed E-state index contributed by atoms with van der Waals surface area (Å²) >= 11 is 0. The third-order valence-corrected chi connectivity index (χ3v) is 2.44. The molecule has 3 nitrogen and oxygen atoms in total. The highest BCUT2D eigenvalue weighted by Gasteiger charge is 2.05. The van der Waals surface area contributed by atoms with Gasteiger partial charge in [0.25, 0.3) is 0 Å². The van der Waals surface area contributed by atoms with Gasteiger partial charge in [-0.3, -0.25) is 0 Å². The molecule has 0 spiro atoms. The molecular formula is C13H12O3. The Morgan fingerprint density at radius 3 is 2.06 bits per heavy atom. The van der Waals surface area contributed by atoms with Gasteiger partial charge < -0.3 is 15.3 Å². The molecule has 0 aromatic heterocycles. The number of aromatic hydroxyl groups is 2. The lowest BCUT2D eigenvalue weighted by atomic mass is 10.00. The summed E-state index contributed by atoms with van der Waals surface area (Å²) in [6.07, 6.45) is 0. The molecule has 0 atom stereocenters. The molecule has 0 aliphatic rings. The summed E-state index contributed by atoms with van der Waals surface area (Å²) in [5, 5.41) is 27.7. The number of hydrogen-bond acceptors (Lipinski definition) is 3. The van der Waals surface area contributed by atoms with Crippen LogP contribution in [0.1, 0.15) is 5.56 Å². The highest BCUT2D eigenvalue weighted by molar-refractivity contribution is 5.68. The van der Waals surface area contributed by atoms with Gasteiger partial charge in [-0.15, -0.1) is 0 Å². The van der Waals surface area contributed by atoms with E-state index in [4.69, 9.17) is 0 Å². The smallest absolute Gasteiger partial charge is 0.115 e. The van der Waals surface area contributed by atoms with Crippen LogP contribution in [0.2, 0.25) is 0 Å². The van der Waals surface area contributed by atoms with E-state index in [0.29, 0.717) is 5.56 Å². The maximum absolute atomic E-state index is 9.31. The second-order valence-corrected chi connectivity index (χ2v) is 3.55. The lowest BCUT2D eigenvalue weighted by Gasteiger charge is -2.08. The number of benzene rings is 2. The van der Waals surface area contributed by atoms with E-state index in [1.54, 1.807) is 36.4 Å². The molecule has 0 unspecified atom stereocenters. The van der Waals surface area contributed by atoms with E-state index in [1.807, 2.05) is 0 Å². The van der Waals surface area contributed by atoms with Crippen molar-refractivity contribution in [2.45, 2.75) is 6.61 Å². The normalized spacial score (nSPS) is 10.3. The molecule has 0 saturated heterocycles. The topological polar surface area (TPSA) is 60.7 Å². The van der Waals surface area contributed by atoms with Crippen LogP contribution in [0.4, 0.5) is 0 Å². The van der Waals surface area contributed by atoms with Gasteiger partial charge in [0.1, 0.15) is 11.5 Å². The summed E-state index contributed by atoms with van der Waals surface area (Å²) < 4.78 is 0. The van der Waals surface area contributed by atoms with Crippen LogP contribution in [0.3, 0.4) is 0 Å². The zero-order valence-corrected chi connectivity index (χ0v) is 8.59. The van der Waals surface area contributed by atoms with Crippen molar-refractivity contribution < 1.29 is 15.3 Å². The number of rotatable bonds is 2. The molecule has 0 saturated carbocycles. The van der Waals surface area contributed by atoms with Crippen molar-refractivity contribution in [3.8, 4) is 22.6 Å². The number of phenols is 2. The molecule has 0 fully saturated rings. The number of hydrogen-bond donors (Lipinski definition) is 3. The van der Waals surface area contributed by atoms with Crippen LogP contribution in [0, 0.1) is 0 Å². The minimum atomic E-state index is -0.134. The maximum Gasteiger partial charge on any atom is 0.115 e. The highest BCUT2D eigenvalue weighted by atomic mass is 16.3. The Labute approximate surface area is 93.2 Å². The van der Waals surface area contributed by atoms with Gasteiger partial charge in [0.15, 0.2) is 0 Å². The SMILES string of the molecule is OCc1cc(O)ccc1-c1ccc(O)cc1. The third kappa shape index (κ3) is 1.99. The molecule has 0 amide bonds. The number of aliphatic hydroxyl groups excluding tert-OH is 1. The fourth-order valence-electron chi connectivity index (χ4n) is 1.63. The fourth-order valence-corrected chi connectivity index (χ4v) is 1.63. The Hall–Kier alpha value is -2.00. The molecule has 0 aliphatic heterocycles. The van der Waals surface area contributed by atoms with Gasteiger partial charge in [-0.05, 0) is 41.0 Å². The first-order valence-electron chi connectivity index (χ1n) is 4.93. The summed E-state index contributed by atoms with van der Waals surface area (Å²) in [7, 11) is 0. The molecule has 16 heavy (non-hydrogen) atoms. The Morgan fingerprint density at radius 1 is 0.812 bits per heavy atom. The summed E-state index contributed by atoms with van der Waals surface area (Å²) in [5.74, 6) is 0.333. The van der Waals surface area contributed by atoms with Crippen molar-refractivity contribution >= 4 is 0 Å². The van der Waals surface area contributed by atoms with Crippen LogP contribution in [0.5, 0.6) is 11.5 Å². The van der Waals surface area contributed by atoms with E-state index in [0.717, 1.165) is 11.1 Å². The number of aliphatic hydroxyl groups is 1. The van der Waals surface area contributed by atoms with Gasteiger partial charge in [-0.2, -0.15) is 0 Å². The average Bonchev–Trinajstić information content (AvgIpc) is 2.30. The summed E-state index contributed by atoms with van der Waals surface area (Å²) in [5.41, 5.74) is 2.40. The molecule has 0 radical (unpaired) electrons. The maximum atomic E-state index is 9.31. The Bertz CT molecular complexity index is 489. The van der Waals surface area contributed by atoms with E-state index in [9.17, 15) is 15.3 Å². The minimum Gasteiger partial charge on any atom is -0.508 e. The quantitative estimate of drug-likeness (QED) is 0.721. The fraction of sp³-hybridized carbons (Fsp3) is 0.0769. The van der Waals surface area contributed by atoms with Crippen molar-refractivity contribution in [1.29, 1.82) is 0 Å². The first-order valence-corrected chi connectivity index (χ1v) is 4.93. The van der Waals surface area contributed by atoms with Crippen molar-refractivity contribution in [2.24, 2.45) is 0 Å². The van der Waals surface area contributed by atoms with E-state index >= 15 is 0 Å². The van der Waals surface area contributed by atoms with E-state index in [-0.39, 0.29) is 18.1 Å². The highest BCUT2D eigenvalue weighted by Crippen LogP contribution is 2.28. The van der Waals surface area contributed by atoms with E-state index < -0.39 is 0 Å². The second kappa shape index (κ2) is 4.24. The van der Waals surface area contributed by atoms with Gasteiger partial charge in [0.2, 0.25) is 0 Å². The zero-order chi connectivity index (χ0) is 11.5. The first kappa shape index (κ1) is 10.5. The van der Waals surface area contributed by atoms with Crippen LogP contribution in [-0.4, -0.2) is 15.3 Å². The molecule has 0 bridgehead atoms. The largest absolute Gasteiger partial charge is 0.508 e. The van der Waals surface area contributed by atoms with Gasteiger partial charge in [0.05, 0.1) is 6.61 Å². The molecule has 82 valence electrons. The van der Waals surface area contributed by atoms with Gasteiger partial charge in [-0.1, -0.05) is 18.2 Å². The van der Waals surface area contributed by atoms with Crippen LogP contribution in [0.25, 0.3) is 11.1 Å². The monoisotopic (exact) mass is 216 g/mol. The van der Waals surface area contributed by atoms with Crippen LogP contribution in [0.15, 0.2) is 42.5 Å². The van der Waals surface area contributed by atoms with Crippen LogP contribution < -0.4 is 0 Å². The predicted molar refractivity (Wildman–Crippen MR) is 61.1 cm³/mol. The van der Waals surface area contributed by atoms with Crippen molar-refractivity contribution in [3.63, 3.8) is 0 Å². The molecule has 3 N–H and O–H groups in total. The average molecular weight is 216 g/mol. The van der Waals surface area contributed by atoms with Gasteiger partial charge in [-0.25, -0.2) is 0 Å². The molecule has 2 aromatic rings. The standard InChI is InChI=1S/C13H12O3/c14-8-10-7-12(16)5-6-13(10)9-1-3-11(15)4-2-9/h1-7,14-16H,8H2. The van der Waals surface area contributed by atoms with Crippen molar-refractivity contribution in [2.75, 3.05) is 0 Å². The predicted octanol–water partition coefficient (Wildman–Crippen LogP) is 2.26. The van der Waals surface area contributed by atoms with Crippen LogP contribution >= 0.6 is 0 Å². The lowest BCUT2D eigenvalue weighted by molar-refractivity contribution is 0.281. The summed E-state index contributed by atoms with van der Waals surface area (Å²) in [6.45, 7) is -0.134. The molecule has 0 heterocycles. The summed E-state index contributed by atoms with van der Waals surface area (Å²) in [4.78, 5) is 0. The molecule has 3 heteroatoms. The summed E-state index contributed by atoms with van der Waals surface area (Å²) in [6, 6.07) is 11.5. The van der Waals surface area contributed by atoms with E-state index in [1.165, 1.54) is 6.07 Å². The molecular weight excluding hydrogens is 204 g/mol. The molecule has 2 rings (SSSR count). The second-order valence-electron chi connectivity index (χ2n) is 3.55. The number of phenolic OH excluding ortho intramolecular Hbond substituents is 2. The van der Waals surface area contributed by atoms with Crippen molar-refractivity contribution in [1.82, 2.24) is 0 Å². The first-order chi connectivity index (χ1) is 7.70. The van der Waals surface area contributed by atoms with E-state index in [2.05, 4.69) is 0 Å². The van der Waals surface area contributed by atoms with Crippen molar-refractivity contribution in [3.05, 3.63) is 48.0 Å². The van der Waals surface area contributed by atoms with Crippen LogP contribution in [-0.2, 0) is 6.61 Å². The molecule has 2 aromatic carbocycles. The third-order valence-electron chi connectivity index (χ3n) is 2.44. The molecule has 0 aliphatic carbocycles.